The molecule has 1 nitrogen and oxygen atoms in total. The zero-order valence-corrected chi connectivity index (χ0v) is 21.7. The van der Waals surface area contributed by atoms with Crippen LogP contribution in [-0.4, -0.2) is 0 Å². The fourth-order valence-electron chi connectivity index (χ4n) is 6.33. The Morgan fingerprint density at radius 3 is 2.13 bits per heavy atom. The molecule has 38 heavy (non-hydrogen) atoms. The number of hydrogen-bond acceptors (Lipinski definition) is 1. The van der Waals surface area contributed by atoms with Crippen molar-refractivity contribution in [1.82, 2.24) is 0 Å². The normalized spacial score (nSPS) is 24.9. The fraction of sp³-hybridized carbons (Fsp3) is 0.189. The van der Waals surface area contributed by atoms with E-state index in [1.54, 1.807) is 0 Å². The molecular weight excluding hydrogens is 458 g/mol. The van der Waals surface area contributed by atoms with Crippen LogP contribution in [0.3, 0.4) is 0 Å². The van der Waals surface area contributed by atoms with Crippen molar-refractivity contribution < 1.29 is 0 Å². The summed E-state index contributed by atoms with van der Waals surface area (Å²) in [6.45, 7) is 0. The maximum absolute atomic E-state index is 2.51. The topological polar surface area (TPSA) is 3.24 Å². The first-order chi connectivity index (χ1) is 18.8. The standard InChI is InChI=1S/C37H33N/c1-4-10-27(11-5-1)29-16-20-32(21-17-29)38(33-22-18-30(19-23-33)28-12-6-2-7-13-28)34-24-25-35-36(26-34)37(35)31-14-8-3-9-15-31/h1,3-6,8-10,12-27,35-37H,2,7,11H2. The molecule has 3 aromatic rings. The minimum absolute atomic E-state index is 0.464. The second kappa shape index (κ2) is 9.99. The predicted octanol–water partition coefficient (Wildman–Crippen LogP) is 9.64. The van der Waals surface area contributed by atoms with Gasteiger partial charge >= 0.3 is 0 Å². The van der Waals surface area contributed by atoms with Gasteiger partial charge in [0.25, 0.3) is 0 Å². The van der Waals surface area contributed by atoms with E-state index in [-0.39, 0.29) is 0 Å². The van der Waals surface area contributed by atoms with E-state index in [1.165, 1.54) is 39.3 Å². The van der Waals surface area contributed by atoms with Crippen molar-refractivity contribution in [1.29, 1.82) is 0 Å². The van der Waals surface area contributed by atoms with Crippen LogP contribution in [0.4, 0.5) is 11.4 Å². The van der Waals surface area contributed by atoms with Crippen LogP contribution in [0.15, 0.2) is 145 Å². The smallest absolute Gasteiger partial charge is 0.0461 e. The number of rotatable bonds is 6. The lowest BCUT2D eigenvalue weighted by molar-refractivity contribution is 0.853. The minimum atomic E-state index is 0.464. The van der Waals surface area contributed by atoms with E-state index in [0.717, 1.165) is 19.3 Å². The van der Waals surface area contributed by atoms with Crippen molar-refractivity contribution >= 4 is 16.9 Å². The van der Waals surface area contributed by atoms with E-state index in [9.17, 15) is 0 Å². The summed E-state index contributed by atoms with van der Waals surface area (Å²) in [5.41, 5.74) is 9.12. The molecule has 1 heteroatoms. The Morgan fingerprint density at radius 2 is 1.42 bits per heavy atom. The molecule has 0 aliphatic heterocycles. The molecule has 4 atom stereocenters. The van der Waals surface area contributed by atoms with Gasteiger partial charge < -0.3 is 4.90 Å². The highest BCUT2D eigenvalue weighted by Crippen LogP contribution is 2.58. The molecule has 0 aromatic heterocycles. The van der Waals surface area contributed by atoms with Crippen LogP contribution in [0.2, 0.25) is 0 Å². The maximum Gasteiger partial charge on any atom is 0.0461 e. The minimum Gasteiger partial charge on any atom is -0.311 e. The molecule has 7 rings (SSSR count). The zero-order chi connectivity index (χ0) is 25.3. The molecule has 4 aliphatic rings. The van der Waals surface area contributed by atoms with Gasteiger partial charge in [0.1, 0.15) is 0 Å². The van der Waals surface area contributed by atoms with Crippen LogP contribution in [-0.2, 0) is 0 Å². The van der Waals surface area contributed by atoms with Gasteiger partial charge in [0.05, 0.1) is 0 Å². The van der Waals surface area contributed by atoms with Gasteiger partial charge in [0.2, 0.25) is 0 Å². The summed E-state index contributed by atoms with van der Waals surface area (Å²) in [6.07, 6.45) is 26.4. The Morgan fingerprint density at radius 1 is 0.632 bits per heavy atom. The first-order valence-corrected chi connectivity index (χ1v) is 14.0. The summed E-state index contributed by atoms with van der Waals surface area (Å²) in [6, 6.07) is 29.3. The molecule has 0 spiro atoms. The van der Waals surface area contributed by atoms with E-state index in [0.29, 0.717) is 23.7 Å². The summed E-state index contributed by atoms with van der Waals surface area (Å²) in [4.78, 5) is 2.43. The van der Waals surface area contributed by atoms with Crippen molar-refractivity contribution in [2.75, 3.05) is 4.90 Å². The van der Waals surface area contributed by atoms with Crippen LogP contribution < -0.4 is 4.90 Å². The van der Waals surface area contributed by atoms with Gasteiger partial charge in [-0.2, -0.15) is 0 Å². The Labute approximate surface area is 226 Å². The van der Waals surface area contributed by atoms with Gasteiger partial charge in [-0.1, -0.05) is 109 Å². The van der Waals surface area contributed by atoms with Crippen LogP contribution in [0.1, 0.15) is 47.8 Å². The van der Waals surface area contributed by atoms with Gasteiger partial charge in [-0.3, -0.25) is 0 Å². The summed E-state index contributed by atoms with van der Waals surface area (Å²) in [7, 11) is 0. The monoisotopic (exact) mass is 491 g/mol. The number of hydrogen-bond donors (Lipinski definition) is 0. The van der Waals surface area contributed by atoms with Gasteiger partial charge in [-0.15, -0.1) is 0 Å². The van der Waals surface area contributed by atoms with Gasteiger partial charge in [-0.25, -0.2) is 0 Å². The number of fused-ring (bicyclic) bond motifs is 1. The van der Waals surface area contributed by atoms with Crippen molar-refractivity contribution in [2.45, 2.75) is 31.1 Å². The molecule has 0 saturated heterocycles. The van der Waals surface area contributed by atoms with Crippen LogP contribution in [0.25, 0.3) is 5.57 Å². The average molecular weight is 492 g/mol. The molecule has 4 aliphatic carbocycles. The lowest BCUT2D eigenvalue weighted by atomic mass is 9.92. The molecule has 1 fully saturated rings. The molecule has 0 N–H and O–H groups in total. The third kappa shape index (κ3) is 4.43. The van der Waals surface area contributed by atoms with Crippen LogP contribution in [0, 0.1) is 11.8 Å². The maximum atomic E-state index is 2.51. The highest BCUT2D eigenvalue weighted by Gasteiger charge is 2.49. The van der Waals surface area contributed by atoms with Crippen LogP contribution in [0.5, 0.6) is 0 Å². The molecule has 1 saturated carbocycles. The molecule has 0 radical (unpaired) electrons. The van der Waals surface area contributed by atoms with E-state index in [4.69, 9.17) is 0 Å². The highest BCUT2D eigenvalue weighted by atomic mass is 15.1. The van der Waals surface area contributed by atoms with Gasteiger partial charge in [-0.05, 0) is 89.6 Å². The Kier molecular flexibility index (Phi) is 6.06. The highest BCUT2D eigenvalue weighted by molar-refractivity contribution is 5.78. The average Bonchev–Trinajstić information content (AvgIpc) is 3.73. The molecule has 0 heterocycles. The SMILES string of the molecule is C1=CCC(c2ccc(N(C3=CC4C(C=C3)C4c3ccccc3)c3ccc(C4=CCCC=C4)cc3)cc2)C=C1. The molecule has 0 amide bonds. The van der Waals surface area contributed by atoms with E-state index < -0.39 is 0 Å². The molecule has 186 valence electrons. The number of allylic oxidation sites excluding steroid dienone is 11. The number of anilines is 2. The summed E-state index contributed by atoms with van der Waals surface area (Å²) < 4.78 is 0. The van der Waals surface area contributed by atoms with Crippen molar-refractivity contribution in [3.63, 3.8) is 0 Å². The van der Waals surface area contributed by atoms with E-state index in [1.807, 2.05) is 0 Å². The Bertz CT molecular complexity index is 1480. The van der Waals surface area contributed by atoms with E-state index in [2.05, 4.69) is 145 Å². The van der Waals surface area contributed by atoms with Crippen molar-refractivity contribution in [3.05, 3.63) is 162 Å². The third-order valence-corrected chi connectivity index (χ3v) is 8.44. The molecule has 3 aromatic carbocycles. The largest absolute Gasteiger partial charge is 0.311 e. The lowest BCUT2D eigenvalue weighted by Gasteiger charge is -2.28. The van der Waals surface area contributed by atoms with E-state index >= 15 is 0 Å². The molecule has 4 unspecified atom stereocenters. The third-order valence-electron chi connectivity index (χ3n) is 8.44. The predicted molar refractivity (Wildman–Crippen MR) is 160 cm³/mol. The van der Waals surface area contributed by atoms with Crippen LogP contribution >= 0.6 is 0 Å². The lowest BCUT2D eigenvalue weighted by Crippen LogP contribution is -2.16. The first kappa shape index (κ1) is 23.0. The second-order valence-electron chi connectivity index (χ2n) is 10.8. The Balaban J connectivity index is 1.22. The van der Waals surface area contributed by atoms with Crippen molar-refractivity contribution in [3.8, 4) is 0 Å². The Hall–Kier alpha value is -4.10. The molecule has 0 bridgehead atoms. The first-order valence-electron chi connectivity index (χ1n) is 14.0. The molecular formula is C37H33N. The second-order valence-corrected chi connectivity index (χ2v) is 10.8. The summed E-state index contributed by atoms with van der Waals surface area (Å²) in [5.74, 6) is 2.23. The zero-order valence-electron chi connectivity index (χ0n) is 21.7. The van der Waals surface area contributed by atoms with Gasteiger partial charge in [0, 0.05) is 23.0 Å². The summed E-state index contributed by atoms with van der Waals surface area (Å²) in [5, 5.41) is 0. The van der Waals surface area contributed by atoms with Crippen molar-refractivity contribution in [2.24, 2.45) is 11.8 Å². The summed E-state index contributed by atoms with van der Waals surface area (Å²) >= 11 is 0. The van der Waals surface area contributed by atoms with Gasteiger partial charge in [0.15, 0.2) is 0 Å². The number of nitrogens with zero attached hydrogens (tertiary/aromatic N) is 1. The fourth-order valence-corrected chi connectivity index (χ4v) is 6.33. The number of benzene rings is 3. The quantitative estimate of drug-likeness (QED) is 0.332.